The van der Waals surface area contributed by atoms with Crippen LogP contribution >= 0.6 is 15.9 Å². The Hall–Kier alpha value is -1.19. The summed E-state index contributed by atoms with van der Waals surface area (Å²) in [6.07, 6.45) is 1.59. The molecule has 1 unspecified atom stereocenters. The molecule has 1 N–H and O–H groups in total. The highest BCUT2D eigenvalue weighted by Gasteiger charge is 2.13. The Morgan fingerprint density at radius 1 is 1.14 bits per heavy atom. The molecule has 1 nitrogen and oxygen atoms in total. The smallest absolute Gasteiger partial charge is 0.126 e. The van der Waals surface area contributed by atoms with Gasteiger partial charge in [-0.15, -0.1) is 0 Å². The van der Waals surface area contributed by atoms with Gasteiger partial charge in [-0.05, 0) is 55.6 Å². The van der Waals surface area contributed by atoms with Crippen molar-refractivity contribution in [3.8, 4) is 0 Å². The topological polar surface area (TPSA) is 12.0 Å². The van der Waals surface area contributed by atoms with Crippen molar-refractivity contribution in [3.63, 3.8) is 0 Å². The lowest BCUT2D eigenvalue weighted by Crippen LogP contribution is -2.33. The van der Waals surface area contributed by atoms with E-state index in [0.717, 1.165) is 23.0 Å². The average molecular weight is 350 g/mol. The second-order valence-electron chi connectivity index (χ2n) is 5.39. The molecule has 0 spiro atoms. The third-order valence-corrected chi connectivity index (χ3v) is 4.02. The molecule has 0 aliphatic rings. The van der Waals surface area contributed by atoms with Crippen LogP contribution in [0.15, 0.2) is 46.9 Å². The van der Waals surface area contributed by atoms with Crippen LogP contribution in [0.25, 0.3) is 0 Å². The average Bonchev–Trinajstić information content (AvgIpc) is 2.43. The van der Waals surface area contributed by atoms with Crippen LogP contribution in [-0.2, 0) is 12.8 Å². The van der Waals surface area contributed by atoms with Crippen LogP contribution in [0.3, 0.4) is 0 Å². The lowest BCUT2D eigenvalue weighted by Gasteiger charge is -2.19. The summed E-state index contributed by atoms with van der Waals surface area (Å²) in [4.78, 5) is 0. The van der Waals surface area contributed by atoms with Gasteiger partial charge in [0.05, 0.1) is 0 Å². The van der Waals surface area contributed by atoms with E-state index in [1.165, 1.54) is 17.2 Å². The number of rotatable bonds is 6. The van der Waals surface area contributed by atoms with Gasteiger partial charge in [0.15, 0.2) is 0 Å². The predicted molar refractivity (Wildman–Crippen MR) is 90.2 cm³/mol. The van der Waals surface area contributed by atoms with Gasteiger partial charge >= 0.3 is 0 Å². The normalized spacial score (nSPS) is 12.4. The van der Waals surface area contributed by atoms with Crippen molar-refractivity contribution in [1.82, 2.24) is 5.32 Å². The number of benzene rings is 2. The molecule has 2 rings (SSSR count). The molecule has 0 heterocycles. The van der Waals surface area contributed by atoms with Crippen LogP contribution in [0.4, 0.5) is 4.39 Å². The Kier molecular flexibility index (Phi) is 5.95. The third-order valence-electron chi connectivity index (χ3n) is 3.53. The Labute approximate surface area is 134 Å². The molecule has 0 saturated heterocycles. The fraction of sp³-hybridized carbons (Fsp3) is 0.333. The number of nitrogens with one attached hydrogen (secondary N) is 1. The summed E-state index contributed by atoms with van der Waals surface area (Å²) in [5, 5.41) is 3.46. The van der Waals surface area contributed by atoms with E-state index in [0.29, 0.717) is 6.42 Å². The monoisotopic (exact) mass is 349 g/mol. The second kappa shape index (κ2) is 7.71. The van der Waals surface area contributed by atoms with Crippen LogP contribution in [0.5, 0.6) is 0 Å². The fourth-order valence-corrected chi connectivity index (χ4v) is 3.00. The molecule has 0 fully saturated rings. The van der Waals surface area contributed by atoms with Crippen molar-refractivity contribution in [2.45, 2.75) is 32.7 Å². The Bertz CT molecular complexity index is 598. The minimum atomic E-state index is -0.134. The Balaban J connectivity index is 2.13. The first kappa shape index (κ1) is 16.2. The number of likely N-dealkylation sites (N-methyl/N-ethyl adjacent to an activating group) is 1. The highest BCUT2D eigenvalue weighted by molar-refractivity contribution is 9.10. The van der Waals surface area contributed by atoms with Crippen molar-refractivity contribution in [1.29, 1.82) is 0 Å². The van der Waals surface area contributed by atoms with Gasteiger partial charge < -0.3 is 5.32 Å². The van der Waals surface area contributed by atoms with E-state index >= 15 is 0 Å². The quantitative estimate of drug-likeness (QED) is 0.799. The second-order valence-corrected chi connectivity index (χ2v) is 6.30. The van der Waals surface area contributed by atoms with E-state index in [4.69, 9.17) is 0 Å². The molecule has 0 radical (unpaired) electrons. The van der Waals surface area contributed by atoms with E-state index in [1.807, 2.05) is 6.07 Å². The summed E-state index contributed by atoms with van der Waals surface area (Å²) in [6, 6.07) is 13.9. The van der Waals surface area contributed by atoms with Crippen LogP contribution in [0.2, 0.25) is 0 Å². The zero-order valence-corrected chi connectivity index (χ0v) is 14.1. The first-order chi connectivity index (χ1) is 10.1. The van der Waals surface area contributed by atoms with E-state index < -0.39 is 0 Å². The predicted octanol–water partition coefficient (Wildman–Crippen LogP) is 4.66. The molecule has 0 amide bonds. The number of halogens is 2. The number of aryl methyl sites for hydroxylation is 1. The van der Waals surface area contributed by atoms with Crippen LogP contribution in [0.1, 0.15) is 23.6 Å². The van der Waals surface area contributed by atoms with Gasteiger partial charge in [-0.2, -0.15) is 0 Å². The van der Waals surface area contributed by atoms with Crippen LogP contribution in [0, 0.1) is 12.7 Å². The van der Waals surface area contributed by atoms with E-state index in [1.54, 1.807) is 6.07 Å². The molecular weight excluding hydrogens is 329 g/mol. The van der Waals surface area contributed by atoms with E-state index in [9.17, 15) is 4.39 Å². The summed E-state index contributed by atoms with van der Waals surface area (Å²) in [7, 11) is 0. The molecule has 112 valence electrons. The van der Waals surface area contributed by atoms with Gasteiger partial charge in [-0.3, -0.25) is 0 Å². The van der Waals surface area contributed by atoms with Gasteiger partial charge in [0.2, 0.25) is 0 Å². The van der Waals surface area contributed by atoms with Crippen molar-refractivity contribution < 1.29 is 4.39 Å². The molecule has 0 aromatic heterocycles. The Morgan fingerprint density at radius 2 is 1.95 bits per heavy atom. The zero-order chi connectivity index (χ0) is 15.2. The Morgan fingerprint density at radius 3 is 2.67 bits per heavy atom. The van der Waals surface area contributed by atoms with Crippen LogP contribution in [-0.4, -0.2) is 12.6 Å². The minimum absolute atomic E-state index is 0.134. The largest absolute Gasteiger partial charge is 0.314 e. The van der Waals surface area contributed by atoms with Crippen molar-refractivity contribution in [3.05, 3.63) is 69.4 Å². The van der Waals surface area contributed by atoms with E-state index in [-0.39, 0.29) is 11.9 Å². The van der Waals surface area contributed by atoms with Gasteiger partial charge in [0.25, 0.3) is 0 Å². The molecule has 2 aromatic carbocycles. The minimum Gasteiger partial charge on any atom is -0.314 e. The first-order valence-corrected chi connectivity index (χ1v) is 8.10. The molecule has 0 aliphatic carbocycles. The molecule has 0 aliphatic heterocycles. The fourth-order valence-electron chi connectivity index (χ4n) is 2.59. The molecule has 21 heavy (non-hydrogen) atoms. The third kappa shape index (κ3) is 4.94. The maximum Gasteiger partial charge on any atom is 0.126 e. The van der Waals surface area contributed by atoms with Crippen molar-refractivity contribution >= 4 is 15.9 Å². The standard InChI is InChI=1S/C18H21BrFN/c1-3-21-17(10-14-6-4-5-13(2)9-14)12-15-11-16(19)7-8-18(15)20/h4-9,11,17,21H,3,10,12H2,1-2H3. The molecule has 2 aromatic rings. The molecule has 1 atom stereocenters. The molecule has 0 saturated carbocycles. The SMILES string of the molecule is CCNC(Cc1cccc(C)c1)Cc1cc(Br)ccc1F. The number of hydrogen-bond acceptors (Lipinski definition) is 1. The highest BCUT2D eigenvalue weighted by Crippen LogP contribution is 2.18. The maximum absolute atomic E-state index is 13.9. The maximum atomic E-state index is 13.9. The summed E-state index contributed by atoms with van der Waals surface area (Å²) in [5.41, 5.74) is 3.30. The lowest BCUT2D eigenvalue weighted by molar-refractivity contribution is 0.505. The van der Waals surface area contributed by atoms with Crippen LogP contribution < -0.4 is 5.32 Å². The molecular formula is C18H21BrFN. The first-order valence-electron chi connectivity index (χ1n) is 7.31. The summed E-state index contributed by atoms with van der Waals surface area (Å²) >= 11 is 3.41. The highest BCUT2D eigenvalue weighted by atomic mass is 79.9. The number of hydrogen-bond donors (Lipinski definition) is 1. The molecule has 3 heteroatoms. The summed E-state index contributed by atoms with van der Waals surface area (Å²) < 4.78 is 14.8. The zero-order valence-electron chi connectivity index (χ0n) is 12.5. The molecule has 0 bridgehead atoms. The lowest BCUT2D eigenvalue weighted by atomic mass is 9.97. The van der Waals surface area contributed by atoms with Gasteiger partial charge in [0.1, 0.15) is 5.82 Å². The summed E-state index contributed by atoms with van der Waals surface area (Å²) in [6.45, 7) is 5.06. The van der Waals surface area contributed by atoms with Gasteiger partial charge in [-0.25, -0.2) is 4.39 Å². The van der Waals surface area contributed by atoms with Crippen molar-refractivity contribution in [2.75, 3.05) is 6.54 Å². The van der Waals surface area contributed by atoms with Crippen molar-refractivity contribution in [2.24, 2.45) is 0 Å². The van der Waals surface area contributed by atoms with Gasteiger partial charge in [0, 0.05) is 10.5 Å². The summed E-state index contributed by atoms with van der Waals surface area (Å²) in [5.74, 6) is -0.134. The van der Waals surface area contributed by atoms with Gasteiger partial charge in [-0.1, -0.05) is 52.7 Å². The van der Waals surface area contributed by atoms with E-state index in [2.05, 4.69) is 59.4 Å².